The smallest absolute Gasteiger partial charge is 0.310 e. The quantitative estimate of drug-likeness (QED) is 0.565. The second-order valence-electron chi connectivity index (χ2n) is 10.1. The van der Waals surface area contributed by atoms with Crippen molar-refractivity contribution in [1.82, 2.24) is 4.90 Å². The summed E-state index contributed by atoms with van der Waals surface area (Å²) < 4.78 is 6.29. The van der Waals surface area contributed by atoms with E-state index in [2.05, 4.69) is 6.58 Å². The van der Waals surface area contributed by atoms with Crippen molar-refractivity contribution in [3.8, 4) is 0 Å². The topological polar surface area (TPSA) is 107 Å². The van der Waals surface area contributed by atoms with Crippen LogP contribution in [0, 0.1) is 31.6 Å². The predicted molar refractivity (Wildman–Crippen MR) is 126 cm³/mol. The number of carboxylic acid groups (broad SMARTS) is 1. The SMILES string of the molecule is C=CCN(C(=O)[C@@H]1N([C@@H](CO)C(C)C)C(=O)[C@H]2[C@H](C(=O)O)[C@@H]3CC[C@]12O3)c1c(C)cccc1C. The number of aliphatic hydroxyl groups excluding tert-OH is 1. The summed E-state index contributed by atoms with van der Waals surface area (Å²) in [6, 6.07) is 4.10. The second kappa shape index (κ2) is 8.82. The summed E-state index contributed by atoms with van der Waals surface area (Å²) in [6.07, 6.45) is 1.95. The zero-order chi connectivity index (χ0) is 24.9. The van der Waals surface area contributed by atoms with E-state index in [4.69, 9.17) is 4.74 Å². The third kappa shape index (κ3) is 3.38. The van der Waals surface area contributed by atoms with Crippen molar-refractivity contribution in [2.24, 2.45) is 17.8 Å². The number of para-hydroxylation sites is 1. The van der Waals surface area contributed by atoms with Crippen LogP contribution in [-0.2, 0) is 19.1 Å². The zero-order valence-corrected chi connectivity index (χ0v) is 20.2. The number of carbonyl (C=O) groups excluding carboxylic acids is 2. The lowest BCUT2D eigenvalue weighted by Crippen LogP contribution is -2.60. The number of rotatable bonds is 8. The van der Waals surface area contributed by atoms with Gasteiger partial charge in [-0.1, -0.05) is 38.1 Å². The van der Waals surface area contributed by atoms with E-state index < -0.39 is 47.5 Å². The van der Waals surface area contributed by atoms with E-state index >= 15 is 0 Å². The summed E-state index contributed by atoms with van der Waals surface area (Å²) in [4.78, 5) is 43.5. The highest BCUT2D eigenvalue weighted by atomic mass is 16.5. The number of anilines is 1. The number of fused-ring (bicyclic) bond motifs is 1. The van der Waals surface area contributed by atoms with Crippen molar-refractivity contribution < 1.29 is 29.3 Å². The normalized spacial score (nSPS) is 30.5. The average Bonchev–Trinajstić information content (AvgIpc) is 3.41. The van der Waals surface area contributed by atoms with E-state index in [-0.39, 0.29) is 25.0 Å². The van der Waals surface area contributed by atoms with E-state index in [1.807, 2.05) is 45.9 Å². The van der Waals surface area contributed by atoms with Gasteiger partial charge in [-0.2, -0.15) is 0 Å². The van der Waals surface area contributed by atoms with Crippen molar-refractivity contribution >= 4 is 23.5 Å². The number of aryl methyl sites for hydroxylation is 2. The monoisotopic (exact) mass is 470 g/mol. The summed E-state index contributed by atoms with van der Waals surface area (Å²) in [5.41, 5.74) is 1.33. The number of benzene rings is 1. The minimum atomic E-state index is -1.22. The maximum Gasteiger partial charge on any atom is 0.310 e. The minimum absolute atomic E-state index is 0.145. The van der Waals surface area contributed by atoms with E-state index in [1.54, 1.807) is 11.0 Å². The van der Waals surface area contributed by atoms with Crippen molar-refractivity contribution in [3.63, 3.8) is 0 Å². The van der Waals surface area contributed by atoms with Gasteiger partial charge >= 0.3 is 5.97 Å². The molecule has 6 atom stereocenters. The van der Waals surface area contributed by atoms with Gasteiger partial charge in [0.2, 0.25) is 5.91 Å². The molecule has 8 heteroatoms. The molecule has 34 heavy (non-hydrogen) atoms. The van der Waals surface area contributed by atoms with Gasteiger partial charge in [0.15, 0.2) is 0 Å². The Bertz CT molecular complexity index is 1000. The number of hydrogen-bond donors (Lipinski definition) is 2. The van der Waals surface area contributed by atoms with Crippen molar-refractivity contribution in [1.29, 1.82) is 0 Å². The second-order valence-corrected chi connectivity index (χ2v) is 10.1. The van der Waals surface area contributed by atoms with Crippen LogP contribution in [0.25, 0.3) is 0 Å². The standard InChI is InChI=1S/C26H34N2O6/c1-6-12-27(21-15(4)8-7-9-16(21)5)24(31)22-26-11-10-18(34-26)19(25(32)33)20(26)23(30)28(22)17(13-29)14(2)3/h6-9,14,17-20,22,29H,1,10-13H2,2-5H3,(H,32,33)/t17-,18-,19+,20+,22-,26+/m0/s1. The Hall–Kier alpha value is -2.71. The molecule has 0 saturated carbocycles. The molecule has 3 fully saturated rings. The summed E-state index contributed by atoms with van der Waals surface area (Å²) in [6.45, 7) is 11.3. The lowest BCUT2D eigenvalue weighted by Gasteiger charge is -2.40. The first-order chi connectivity index (χ1) is 16.1. The van der Waals surface area contributed by atoms with Crippen LogP contribution in [0.4, 0.5) is 5.69 Å². The molecule has 3 saturated heterocycles. The molecule has 0 aliphatic carbocycles. The summed E-state index contributed by atoms with van der Waals surface area (Å²) in [7, 11) is 0. The number of aliphatic carboxylic acids is 1. The molecule has 0 radical (unpaired) electrons. The molecule has 3 aliphatic heterocycles. The number of nitrogens with zero attached hydrogens (tertiary/aromatic N) is 2. The fourth-order valence-electron chi connectivity index (χ4n) is 6.43. The van der Waals surface area contributed by atoms with Gasteiger partial charge in [0.05, 0.1) is 30.6 Å². The van der Waals surface area contributed by atoms with Crippen molar-refractivity contribution in [2.75, 3.05) is 18.1 Å². The maximum absolute atomic E-state index is 14.4. The highest BCUT2D eigenvalue weighted by molar-refractivity contribution is 6.05. The highest BCUT2D eigenvalue weighted by Gasteiger charge is 2.75. The van der Waals surface area contributed by atoms with E-state index in [1.165, 1.54) is 4.90 Å². The number of aliphatic hydroxyl groups is 1. The van der Waals surface area contributed by atoms with Crippen LogP contribution in [0.3, 0.4) is 0 Å². The van der Waals surface area contributed by atoms with Crippen LogP contribution >= 0.6 is 0 Å². The average molecular weight is 471 g/mol. The Morgan fingerprint density at radius 2 is 1.97 bits per heavy atom. The minimum Gasteiger partial charge on any atom is -0.481 e. The maximum atomic E-state index is 14.4. The number of ether oxygens (including phenoxy) is 1. The van der Waals surface area contributed by atoms with Crippen molar-refractivity contribution in [3.05, 3.63) is 42.0 Å². The lowest BCUT2D eigenvalue weighted by molar-refractivity contribution is -0.151. The number of amides is 2. The Labute approximate surface area is 200 Å². The van der Waals surface area contributed by atoms with Crippen LogP contribution in [0.15, 0.2) is 30.9 Å². The molecule has 0 aromatic heterocycles. The Balaban J connectivity index is 1.88. The molecule has 1 spiro atoms. The molecule has 2 N–H and O–H groups in total. The van der Waals surface area contributed by atoms with E-state index in [0.717, 1.165) is 16.8 Å². The molecule has 0 unspecified atom stereocenters. The molecule has 3 aliphatic rings. The van der Waals surface area contributed by atoms with Crippen LogP contribution in [0.1, 0.15) is 37.8 Å². The van der Waals surface area contributed by atoms with Gasteiger partial charge in [-0.15, -0.1) is 6.58 Å². The number of carbonyl (C=O) groups is 3. The molecule has 2 bridgehead atoms. The Kier molecular flexibility index (Phi) is 6.33. The first-order valence-electron chi connectivity index (χ1n) is 11.9. The number of hydrogen-bond acceptors (Lipinski definition) is 5. The van der Waals surface area contributed by atoms with Gasteiger partial charge in [-0.05, 0) is 43.7 Å². The lowest BCUT2D eigenvalue weighted by atomic mass is 9.70. The number of carboxylic acids is 1. The third-order valence-electron chi connectivity index (χ3n) is 7.86. The highest BCUT2D eigenvalue weighted by Crippen LogP contribution is 2.59. The molecule has 2 amide bonds. The summed E-state index contributed by atoms with van der Waals surface area (Å²) in [5, 5.41) is 20.2. The van der Waals surface area contributed by atoms with E-state index in [9.17, 15) is 24.6 Å². The number of likely N-dealkylation sites (tertiary alicyclic amines) is 1. The van der Waals surface area contributed by atoms with Crippen LogP contribution in [-0.4, -0.2) is 69.8 Å². The van der Waals surface area contributed by atoms with Crippen LogP contribution < -0.4 is 4.90 Å². The molecule has 3 heterocycles. The molecule has 4 rings (SSSR count). The van der Waals surface area contributed by atoms with Gasteiger partial charge in [-0.25, -0.2) is 0 Å². The molecule has 184 valence electrons. The summed E-state index contributed by atoms with van der Waals surface area (Å²) in [5.74, 6) is -3.93. The third-order valence-corrected chi connectivity index (χ3v) is 7.86. The zero-order valence-electron chi connectivity index (χ0n) is 20.2. The van der Waals surface area contributed by atoms with Crippen LogP contribution in [0.5, 0.6) is 0 Å². The molecular formula is C26H34N2O6. The molecule has 1 aromatic rings. The van der Waals surface area contributed by atoms with Crippen molar-refractivity contribution in [2.45, 2.75) is 64.3 Å². The molecular weight excluding hydrogens is 436 g/mol. The van der Waals surface area contributed by atoms with Crippen LogP contribution in [0.2, 0.25) is 0 Å². The first kappa shape index (κ1) is 24.4. The predicted octanol–water partition coefficient (Wildman–Crippen LogP) is 2.30. The van der Waals surface area contributed by atoms with Gasteiger partial charge in [0, 0.05) is 12.2 Å². The Morgan fingerprint density at radius 3 is 2.50 bits per heavy atom. The molecule has 1 aromatic carbocycles. The first-order valence-corrected chi connectivity index (χ1v) is 11.9. The van der Waals surface area contributed by atoms with E-state index in [0.29, 0.717) is 12.8 Å². The fourth-order valence-corrected chi connectivity index (χ4v) is 6.43. The Morgan fingerprint density at radius 1 is 1.32 bits per heavy atom. The van der Waals surface area contributed by atoms with Gasteiger partial charge < -0.3 is 24.7 Å². The van der Waals surface area contributed by atoms with Gasteiger partial charge in [-0.3, -0.25) is 14.4 Å². The molecule has 8 nitrogen and oxygen atoms in total. The fraction of sp³-hybridized carbons (Fsp3) is 0.577. The largest absolute Gasteiger partial charge is 0.481 e. The van der Waals surface area contributed by atoms with Gasteiger partial charge in [0.1, 0.15) is 11.6 Å². The van der Waals surface area contributed by atoms with Gasteiger partial charge in [0.25, 0.3) is 5.91 Å². The summed E-state index contributed by atoms with van der Waals surface area (Å²) >= 11 is 0.